The van der Waals surface area contributed by atoms with E-state index in [0.29, 0.717) is 38.1 Å². The molecule has 52 heavy (non-hydrogen) atoms. The van der Waals surface area contributed by atoms with E-state index in [0.717, 1.165) is 27.5 Å². The van der Waals surface area contributed by atoms with Gasteiger partial charge in [-0.25, -0.2) is 4.57 Å². The molecule has 2 aromatic rings. The molecule has 0 amide bonds. The summed E-state index contributed by atoms with van der Waals surface area (Å²) in [6, 6.07) is 14.4. The maximum Gasteiger partial charge on any atom is 0.472 e. The Balaban J connectivity index is 2.13. The van der Waals surface area contributed by atoms with Crippen LogP contribution in [0.1, 0.15) is 37.3 Å². The molecule has 0 aromatic heterocycles. The second-order valence-corrected chi connectivity index (χ2v) is 13.7. The number of unbranched alkanes of at least 4 members (excludes halogenated alkanes) is 1. The summed E-state index contributed by atoms with van der Waals surface area (Å²) >= 11 is 0. The molecule has 0 aliphatic carbocycles. The summed E-state index contributed by atoms with van der Waals surface area (Å²) in [6.45, 7) is -0.228. The second-order valence-electron chi connectivity index (χ2n) is 12.2. The van der Waals surface area contributed by atoms with E-state index in [4.69, 9.17) is 18.5 Å². The van der Waals surface area contributed by atoms with Gasteiger partial charge in [0, 0.05) is 31.1 Å². The lowest BCUT2D eigenvalue weighted by molar-refractivity contribution is -0.143. The van der Waals surface area contributed by atoms with Crippen molar-refractivity contribution < 1.29 is 62.2 Å². The van der Waals surface area contributed by atoms with Gasteiger partial charge in [-0.05, 0) is 54.7 Å². The molecule has 0 aliphatic heterocycles. The number of phosphoric ester groups is 1. The van der Waals surface area contributed by atoms with Crippen molar-refractivity contribution in [2.45, 2.75) is 37.6 Å². The summed E-state index contributed by atoms with van der Waals surface area (Å²) in [6.07, 6.45) is 3.43. The quantitative estimate of drug-likeness (QED) is 0.0619. The average Bonchev–Trinajstić information content (AvgIpc) is 3.11. The molecule has 0 radical (unpaired) electrons. The molecule has 2 aromatic carbocycles. The molecule has 17 heteroatoms. The zero-order chi connectivity index (χ0) is 38.6. The van der Waals surface area contributed by atoms with E-state index in [1.807, 2.05) is 48.5 Å². The van der Waals surface area contributed by atoms with Crippen molar-refractivity contribution in [2.24, 2.45) is 0 Å². The predicted molar refractivity (Wildman–Crippen MR) is 190 cm³/mol. The lowest BCUT2D eigenvalue weighted by Gasteiger charge is -2.34. The fraction of sp³-hybridized carbons (Fsp3) is 0.514. The maximum atomic E-state index is 13.0. The van der Waals surface area contributed by atoms with Crippen LogP contribution < -0.4 is 9.47 Å². The summed E-state index contributed by atoms with van der Waals surface area (Å²) < 4.78 is 34.1. The molecule has 0 heterocycles. The van der Waals surface area contributed by atoms with Gasteiger partial charge in [0.25, 0.3) is 0 Å². The lowest BCUT2D eigenvalue weighted by Crippen LogP contribution is -2.51. The van der Waals surface area contributed by atoms with Crippen molar-refractivity contribution in [2.75, 3.05) is 79.8 Å². The first kappa shape index (κ1) is 44.1. The van der Waals surface area contributed by atoms with Gasteiger partial charge in [-0.2, -0.15) is 0 Å². The van der Waals surface area contributed by atoms with Gasteiger partial charge < -0.3 is 39.0 Å². The van der Waals surface area contributed by atoms with Crippen molar-refractivity contribution in [1.82, 2.24) is 14.7 Å². The number of phosphoric acid groups is 1. The van der Waals surface area contributed by atoms with Crippen LogP contribution in [0, 0.1) is 0 Å². The Labute approximate surface area is 303 Å². The Bertz CT molecular complexity index is 1390. The summed E-state index contributed by atoms with van der Waals surface area (Å²) in [7, 11) is -1.51. The number of benzene rings is 2. The van der Waals surface area contributed by atoms with E-state index in [1.165, 1.54) is 9.80 Å². The number of hydrogen-bond donors (Lipinski definition) is 3. The highest BCUT2D eigenvalue weighted by Gasteiger charge is 2.31. The van der Waals surface area contributed by atoms with E-state index in [-0.39, 0.29) is 45.9 Å². The van der Waals surface area contributed by atoms with Crippen molar-refractivity contribution in [3.8, 4) is 11.5 Å². The third kappa shape index (κ3) is 15.3. The van der Waals surface area contributed by atoms with Gasteiger partial charge in [-0.1, -0.05) is 31.2 Å². The van der Waals surface area contributed by atoms with E-state index in [9.17, 15) is 43.6 Å². The van der Waals surface area contributed by atoms with Crippen molar-refractivity contribution in [3.05, 3.63) is 59.7 Å². The topological polar surface area (TPSA) is 210 Å². The smallest absolute Gasteiger partial charge is 0.472 e. The number of carbonyl (C=O) groups is 5. The van der Waals surface area contributed by atoms with Gasteiger partial charge in [-0.15, -0.1) is 0 Å². The van der Waals surface area contributed by atoms with Crippen molar-refractivity contribution in [3.63, 3.8) is 0 Å². The second kappa shape index (κ2) is 22.8. The van der Waals surface area contributed by atoms with Gasteiger partial charge in [0.1, 0.15) is 30.4 Å². The SMILES string of the molecule is COc1ccc(C(C)(CCCCOP(=O)(O)OCC(CN(CC=O)CCN(CC=O)CC=O)N(CC(=O)O)CC(=O)O)c2ccc(OC)cc2)cc1. The van der Waals surface area contributed by atoms with Crippen LogP contribution in [0.15, 0.2) is 48.5 Å². The van der Waals surface area contributed by atoms with E-state index in [2.05, 4.69) is 6.92 Å². The predicted octanol–water partition coefficient (Wildman–Crippen LogP) is 2.35. The van der Waals surface area contributed by atoms with E-state index >= 15 is 0 Å². The normalized spacial score (nSPS) is 13.4. The summed E-state index contributed by atoms with van der Waals surface area (Å²) in [5, 5.41) is 18.9. The van der Waals surface area contributed by atoms with Crippen LogP contribution in [0.25, 0.3) is 0 Å². The van der Waals surface area contributed by atoms with Crippen molar-refractivity contribution in [1.29, 1.82) is 0 Å². The van der Waals surface area contributed by atoms with Gasteiger partial charge in [0.15, 0.2) is 0 Å². The molecule has 3 N–H and O–H groups in total. The Morgan fingerprint density at radius 3 is 1.67 bits per heavy atom. The molecule has 2 rings (SSSR count). The molecule has 288 valence electrons. The van der Waals surface area contributed by atoms with Crippen LogP contribution in [0.5, 0.6) is 11.5 Å². The van der Waals surface area contributed by atoms with Crippen LogP contribution in [0.4, 0.5) is 0 Å². The van der Waals surface area contributed by atoms with Crippen LogP contribution in [-0.2, 0) is 43.0 Å². The number of nitrogens with zero attached hydrogens (tertiary/aromatic N) is 3. The minimum Gasteiger partial charge on any atom is -0.497 e. The van der Waals surface area contributed by atoms with Crippen LogP contribution in [0.3, 0.4) is 0 Å². The molecule has 0 aliphatic rings. The molecule has 0 saturated carbocycles. The Kier molecular flexibility index (Phi) is 19.4. The number of aldehydes is 3. The molecule has 2 unspecified atom stereocenters. The molecular weight excluding hydrogens is 701 g/mol. The third-order valence-electron chi connectivity index (χ3n) is 8.60. The highest BCUT2D eigenvalue weighted by Crippen LogP contribution is 2.44. The first-order valence-corrected chi connectivity index (χ1v) is 18.1. The highest BCUT2D eigenvalue weighted by molar-refractivity contribution is 7.47. The summed E-state index contributed by atoms with van der Waals surface area (Å²) in [5.41, 5.74) is 1.64. The lowest BCUT2D eigenvalue weighted by atomic mass is 9.73. The summed E-state index contributed by atoms with van der Waals surface area (Å²) in [5.74, 6) is -1.26. The minimum absolute atomic E-state index is 0.0440. The largest absolute Gasteiger partial charge is 0.497 e. The Morgan fingerprint density at radius 2 is 1.23 bits per heavy atom. The fourth-order valence-corrected chi connectivity index (χ4v) is 6.49. The number of rotatable bonds is 29. The molecule has 0 spiro atoms. The first-order valence-electron chi connectivity index (χ1n) is 16.6. The van der Waals surface area contributed by atoms with E-state index < -0.39 is 50.9 Å². The average molecular weight is 752 g/mol. The molecule has 0 fully saturated rings. The molecule has 0 bridgehead atoms. The summed E-state index contributed by atoms with van der Waals surface area (Å²) in [4.78, 5) is 71.3. The first-order chi connectivity index (χ1) is 24.8. The number of hydrogen-bond acceptors (Lipinski definition) is 13. The number of ether oxygens (including phenoxy) is 2. The number of carboxylic acid groups (broad SMARTS) is 2. The van der Waals surface area contributed by atoms with Crippen LogP contribution in [0.2, 0.25) is 0 Å². The molecular formula is C35H50N3O13P. The minimum atomic E-state index is -4.70. The number of carboxylic acids is 2. The monoisotopic (exact) mass is 751 g/mol. The zero-order valence-electron chi connectivity index (χ0n) is 29.8. The van der Waals surface area contributed by atoms with E-state index in [1.54, 1.807) is 14.2 Å². The number of methoxy groups -OCH3 is 2. The maximum absolute atomic E-state index is 13.0. The number of aliphatic carboxylic acids is 2. The molecule has 0 saturated heterocycles. The fourth-order valence-electron chi connectivity index (χ4n) is 5.70. The standard InChI is InChI=1S/C35H50N3O13P/c1-35(28-6-10-31(48-2)11-7-28,29-8-12-32(49-3)13-9-29)14-4-5-23-50-52(46,47)51-27-30(38(25-33(42)43)26-34(44)45)24-37(19-22-41)16-15-36(17-20-39)18-21-40/h6-13,20-22,30H,4-5,14-19,23-27H2,1-3H3,(H,42,43)(H,44,45)(H,46,47). The zero-order valence-corrected chi connectivity index (χ0v) is 30.7. The van der Waals surface area contributed by atoms with Crippen LogP contribution >= 0.6 is 7.82 Å². The van der Waals surface area contributed by atoms with Gasteiger partial charge in [0.2, 0.25) is 0 Å². The molecule has 2 atom stereocenters. The highest BCUT2D eigenvalue weighted by atomic mass is 31.2. The van der Waals surface area contributed by atoms with Gasteiger partial charge >= 0.3 is 19.8 Å². The van der Waals surface area contributed by atoms with Gasteiger partial charge in [0.05, 0.1) is 60.2 Å². The third-order valence-corrected chi connectivity index (χ3v) is 9.59. The Hall–Kier alpha value is -4.02. The van der Waals surface area contributed by atoms with Gasteiger partial charge in [-0.3, -0.25) is 33.3 Å². The number of carbonyl (C=O) groups excluding carboxylic acids is 3. The van der Waals surface area contributed by atoms with Crippen LogP contribution in [-0.4, -0.2) is 146 Å². The molecule has 16 nitrogen and oxygen atoms in total. The Morgan fingerprint density at radius 1 is 0.769 bits per heavy atom. The van der Waals surface area contributed by atoms with Crippen molar-refractivity contribution >= 4 is 38.6 Å².